The van der Waals surface area contributed by atoms with Crippen LogP contribution in [-0.4, -0.2) is 21.4 Å². The largest absolute Gasteiger partial charge is 0.348 e. The van der Waals surface area contributed by atoms with Crippen LogP contribution >= 0.6 is 0 Å². The van der Waals surface area contributed by atoms with Crippen LogP contribution in [0.25, 0.3) is 0 Å². The van der Waals surface area contributed by atoms with E-state index in [9.17, 15) is 14.9 Å². The van der Waals surface area contributed by atoms with Crippen molar-refractivity contribution in [2.24, 2.45) is 13.0 Å². The number of nitrogens with one attached hydrogen (secondary N) is 1. The molecule has 1 aromatic rings. The van der Waals surface area contributed by atoms with E-state index in [1.807, 2.05) is 20.8 Å². The Balaban J connectivity index is 2.86. The molecule has 1 heterocycles. The van der Waals surface area contributed by atoms with Crippen LogP contribution in [0.2, 0.25) is 0 Å². The van der Waals surface area contributed by atoms with Gasteiger partial charge in [0, 0.05) is 19.2 Å². The van der Waals surface area contributed by atoms with Gasteiger partial charge in [-0.2, -0.15) is 0 Å². The van der Waals surface area contributed by atoms with Crippen LogP contribution in [0.1, 0.15) is 31.3 Å². The molecule has 94 valence electrons. The SMILES string of the molecule is CC(C)[C@@H](C)NC(=O)c1cc([N+](=O)[O-])cn1C. The molecular formula is C11H17N3O3. The predicted octanol–water partition coefficient (Wildman–Crippen LogP) is 1.71. The molecule has 1 amide bonds. The fraction of sp³-hybridized carbons (Fsp3) is 0.545. The van der Waals surface area contributed by atoms with Crippen molar-refractivity contribution >= 4 is 11.6 Å². The van der Waals surface area contributed by atoms with Crippen molar-refractivity contribution in [3.63, 3.8) is 0 Å². The van der Waals surface area contributed by atoms with Gasteiger partial charge in [-0.25, -0.2) is 0 Å². The summed E-state index contributed by atoms with van der Waals surface area (Å²) in [6.45, 7) is 5.90. The molecule has 1 N–H and O–H groups in total. The smallest absolute Gasteiger partial charge is 0.287 e. The van der Waals surface area contributed by atoms with Gasteiger partial charge < -0.3 is 9.88 Å². The highest BCUT2D eigenvalue weighted by atomic mass is 16.6. The van der Waals surface area contributed by atoms with Crippen molar-refractivity contribution < 1.29 is 9.72 Å². The highest BCUT2D eigenvalue weighted by Gasteiger charge is 2.19. The van der Waals surface area contributed by atoms with E-state index in [0.29, 0.717) is 11.6 Å². The number of rotatable bonds is 4. The van der Waals surface area contributed by atoms with Crippen LogP contribution in [0.15, 0.2) is 12.3 Å². The Bertz CT molecular complexity index is 437. The van der Waals surface area contributed by atoms with E-state index in [2.05, 4.69) is 5.32 Å². The Kier molecular flexibility index (Phi) is 3.88. The first-order chi connectivity index (χ1) is 7.82. The summed E-state index contributed by atoms with van der Waals surface area (Å²) in [6, 6.07) is 1.30. The molecule has 0 saturated carbocycles. The Morgan fingerprint density at radius 3 is 2.47 bits per heavy atom. The molecule has 6 heteroatoms. The van der Waals surface area contributed by atoms with Gasteiger partial charge in [0.1, 0.15) is 5.69 Å². The number of carbonyl (C=O) groups excluding carboxylic acids is 1. The maximum absolute atomic E-state index is 11.9. The maximum Gasteiger partial charge on any atom is 0.287 e. The van der Waals surface area contributed by atoms with E-state index in [1.54, 1.807) is 7.05 Å². The molecule has 0 aliphatic rings. The first kappa shape index (κ1) is 13.2. The molecule has 0 spiro atoms. The summed E-state index contributed by atoms with van der Waals surface area (Å²) in [5.41, 5.74) is 0.221. The van der Waals surface area contributed by atoms with Gasteiger partial charge in [-0.15, -0.1) is 0 Å². The van der Waals surface area contributed by atoms with Crippen LogP contribution in [0.4, 0.5) is 5.69 Å². The van der Waals surface area contributed by atoms with Gasteiger partial charge in [-0.1, -0.05) is 13.8 Å². The summed E-state index contributed by atoms with van der Waals surface area (Å²) in [5.74, 6) is 0.0241. The third kappa shape index (κ3) is 3.05. The van der Waals surface area contributed by atoms with Crippen molar-refractivity contribution in [3.8, 4) is 0 Å². The molecule has 0 radical (unpaired) electrons. The minimum atomic E-state index is -0.511. The van der Waals surface area contributed by atoms with Crippen molar-refractivity contribution in [3.05, 3.63) is 28.1 Å². The first-order valence-electron chi connectivity index (χ1n) is 5.44. The lowest BCUT2D eigenvalue weighted by Crippen LogP contribution is -2.36. The topological polar surface area (TPSA) is 77.2 Å². The van der Waals surface area contributed by atoms with E-state index in [4.69, 9.17) is 0 Å². The lowest BCUT2D eigenvalue weighted by molar-refractivity contribution is -0.384. The fourth-order valence-corrected chi connectivity index (χ4v) is 1.32. The van der Waals surface area contributed by atoms with Gasteiger partial charge in [0.05, 0.1) is 11.1 Å². The van der Waals surface area contributed by atoms with E-state index in [-0.39, 0.29) is 17.6 Å². The van der Waals surface area contributed by atoms with Crippen LogP contribution in [0.5, 0.6) is 0 Å². The number of aromatic nitrogens is 1. The maximum atomic E-state index is 11.9. The molecule has 0 aliphatic heterocycles. The van der Waals surface area contributed by atoms with E-state index in [0.717, 1.165) is 0 Å². The minimum Gasteiger partial charge on any atom is -0.348 e. The van der Waals surface area contributed by atoms with Gasteiger partial charge in [0.15, 0.2) is 0 Å². The highest BCUT2D eigenvalue weighted by molar-refractivity contribution is 5.93. The highest BCUT2D eigenvalue weighted by Crippen LogP contribution is 2.15. The zero-order valence-electron chi connectivity index (χ0n) is 10.4. The standard InChI is InChI=1S/C11H17N3O3/c1-7(2)8(3)12-11(15)10-5-9(14(16)17)6-13(10)4/h5-8H,1-4H3,(H,12,15)/t8-/m1/s1. The Morgan fingerprint density at radius 1 is 1.47 bits per heavy atom. The summed E-state index contributed by atoms with van der Waals surface area (Å²) >= 11 is 0. The summed E-state index contributed by atoms with van der Waals surface area (Å²) in [7, 11) is 1.61. The van der Waals surface area contributed by atoms with Crippen LogP contribution < -0.4 is 5.32 Å². The third-order valence-corrected chi connectivity index (χ3v) is 2.79. The predicted molar refractivity (Wildman–Crippen MR) is 63.8 cm³/mol. The molecular weight excluding hydrogens is 222 g/mol. The molecule has 0 unspecified atom stereocenters. The number of nitrogens with zero attached hydrogens (tertiary/aromatic N) is 2. The van der Waals surface area contributed by atoms with Gasteiger partial charge in [0.25, 0.3) is 11.6 Å². The molecule has 1 aromatic heterocycles. The summed E-state index contributed by atoms with van der Waals surface area (Å²) in [5, 5.41) is 13.4. The van der Waals surface area contributed by atoms with E-state index >= 15 is 0 Å². The zero-order chi connectivity index (χ0) is 13.2. The number of aryl methyl sites for hydroxylation is 1. The van der Waals surface area contributed by atoms with Crippen molar-refractivity contribution in [1.82, 2.24) is 9.88 Å². The van der Waals surface area contributed by atoms with Gasteiger partial charge >= 0.3 is 0 Å². The van der Waals surface area contributed by atoms with E-state index in [1.165, 1.54) is 16.8 Å². The molecule has 0 bridgehead atoms. The third-order valence-electron chi connectivity index (χ3n) is 2.79. The number of hydrogen-bond acceptors (Lipinski definition) is 3. The Hall–Kier alpha value is -1.85. The van der Waals surface area contributed by atoms with Crippen LogP contribution in [-0.2, 0) is 7.05 Å². The average molecular weight is 239 g/mol. The number of amides is 1. The average Bonchev–Trinajstić information content (AvgIpc) is 2.60. The monoisotopic (exact) mass is 239 g/mol. The number of carbonyl (C=O) groups is 1. The summed E-state index contributed by atoms with van der Waals surface area (Å²) in [4.78, 5) is 21.9. The van der Waals surface area contributed by atoms with Crippen molar-refractivity contribution in [1.29, 1.82) is 0 Å². The molecule has 0 saturated heterocycles. The summed E-state index contributed by atoms with van der Waals surface area (Å²) in [6.07, 6.45) is 1.33. The van der Waals surface area contributed by atoms with Crippen molar-refractivity contribution in [2.75, 3.05) is 0 Å². The molecule has 0 aromatic carbocycles. The Morgan fingerprint density at radius 2 is 2.06 bits per heavy atom. The van der Waals surface area contributed by atoms with Crippen molar-refractivity contribution in [2.45, 2.75) is 26.8 Å². The second-order valence-corrected chi connectivity index (χ2v) is 4.46. The van der Waals surface area contributed by atoms with Gasteiger partial charge in [-0.3, -0.25) is 14.9 Å². The van der Waals surface area contributed by atoms with Crippen LogP contribution in [0, 0.1) is 16.0 Å². The van der Waals surface area contributed by atoms with E-state index < -0.39 is 4.92 Å². The molecule has 0 fully saturated rings. The molecule has 6 nitrogen and oxygen atoms in total. The number of nitro groups is 1. The normalized spacial score (nSPS) is 12.5. The second-order valence-electron chi connectivity index (χ2n) is 4.46. The molecule has 1 atom stereocenters. The molecule has 1 rings (SSSR count). The Labute approximate surface area is 99.8 Å². The fourth-order valence-electron chi connectivity index (χ4n) is 1.32. The number of hydrogen-bond donors (Lipinski definition) is 1. The second kappa shape index (κ2) is 4.99. The minimum absolute atomic E-state index is 0.0245. The molecule has 17 heavy (non-hydrogen) atoms. The quantitative estimate of drug-likeness (QED) is 0.641. The summed E-state index contributed by atoms with van der Waals surface area (Å²) < 4.78 is 1.46. The van der Waals surface area contributed by atoms with Gasteiger partial charge in [-0.05, 0) is 12.8 Å². The lowest BCUT2D eigenvalue weighted by atomic mass is 10.1. The van der Waals surface area contributed by atoms with Gasteiger partial charge in [0.2, 0.25) is 0 Å². The molecule has 0 aliphatic carbocycles. The zero-order valence-corrected chi connectivity index (χ0v) is 10.4. The van der Waals surface area contributed by atoms with Crippen LogP contribution in [0.3, 0.4) is 0 Å². The first-order valence-corrected chi connectivity index (χ1v) is 5.44. The lowest BCUT2D eigenvalue weighted by Gasteiger charge is -2.17.